The lowest BCUT2D eigenvalue weighted by Crippen LogP contribution is -1.99. The van der Waals surface area contributed by atoms with Gasteiger partial charge in [-0.2, -0.15) is 0 Å². The van der Waals surface area contributed by atoms with Crippen LogP contribution in [0, 0.1) is 0 Å². The van der Waals surface area contributed by atoms with Crippen molar-refractivity contribution in [2.24, 2.45) is 0 Å². The number of aromatic nitrogens is 1. The van der Waals surface area contributed by atoms with Gasteiger partial charge < -0.3 is 5.73 Å². The minimum Gasteiger partial charge on any atom is -0.398 e. The van der Waals surface area contributed by atoms with Crippen molar-refractivity contribution < 1.29 is 0 Å². The number of aryl methyl sites for hydroxylation is 1. The van der Waals surface area contributed by atoms with Crippen LogP contribution in [-0.4, -0.2) is 4.98 Å². The molecule has 0 aliphatic heterocycles. The van der Waals surface area contributed by atoms with Gasteiger partial charge in [-0.15, -0.1) is 0 Å². The van der Waals surface area contributed by atoms with Gasteiger partial charge >= 0.3 is 0 Å². The van der Waals surface area contributed by atoms with Gasteiger partial charge in [0.2, 0.25) is 0 Å². The van der Waals surface area contributed by atoms with Crippen LogP contribution in [-0.2, 0) is 12.8 Å². The number of nitrogens with zero attached hydrogens (tertiary/aromatic N) is 1. The molecule has 1 heterocycles. The quantitative estimate of drug-likeness (QED) is 0.790. The lowest BCUT2D eigenvalue weighted by atomic mass is 10.1. The number of benzene rings is 1. The summed E-state index contributed by atoms with van der Waals surface area (Å²) in [5, 5.41) is 1.04. The van der Waals surface area contributed by atoms with E-state index in [-0.39, 0.29) is 0 Å². The summed E-state index contributed by atoms with van der Waals surface area (Å²) in [5.74, 6) is 0. The SMILES string of the molecule is Nc1c2c(nc3c(Br)ccc(Br)c13)CCC2. The van der Waals surface area contributed by atoms with Crippen LogP contribution in [0.15, 0.2) is 21.1 Å². The molecule has 2 aromatic rings. The van der Waals surface area contributed by atoms with Crippen LogP contribution in [0.25, 0.3) is 10.9 Å². The Bertz CT molecular complexity index is 593. The highest BCUT2D eigenvalue weighted by molar-refractivity contribution is 9.11. The maximum Gasteiger partial charge on any atom is 0.0879 e. The fourth-order valence-corrected chi connectivity index (χ4v) is 3.29. The summed E-state index contributed by atoms with van der Waals surface area (Å²) in [5.41, 5.74) is 10.5. The van der Waals surface area contributed by atoms with Crippen molar-refractivity contribution in [1.29, 1.82) is 0 Å². The van der Waals surface area contributed by atoms with Gasteiger partial charge in [0, 0.05) is 25.7 Å². The monoisotopic (exact) mass is 340 g/mol. The molecule has 0 bridgehead atoms. The third-order valence-electron chi connectivity index (χ3n) is 3.11. The van der Waals surface area contributed by atoms with Gasteiger partial charge in [-0.25, -0.2) is 0 Å². The Kier molecular flexibility index (Phi) is 2.44. The van der Waals surface area contributed by atoms with Gasteiger partial charge in [0.1, 0.15) is 0 Å². The summed E-state index contributed by atoms with van der Waals surface area (Å²) in [4.78, 5) is 4.72. The molecule has 0 atom stereocenters. The predicted molar refractivity (Wildman–Crippen MR) is 73.6 cm³/mol. The van der Waals surface area contributed by atoms with Crippen LogP contribution in [0.3, 0.4) is 0 Å². The van der Waals surface area contributed by atoms with Crippen molar-refractivity contribution in [1.82, 2.24) is 4.98 Å². The van der Waals surface area contributed by atoms with Crippen molar-refractivity contribution in [2.45, 2.75) is 19.3 Å². The van der Waals surface area contributed by atoms with Crippen LogP contribution in [0.5, 0.6) is 0 Å². The summed E-state index contributed by atoms with van der Waals surface area (Å²) in [6.07, 6.45) is 3.27. The second-order valence-corrected chi connectivity index (χ2v) is 5.77. The number of nitrogens with two attached hydrogens (primary N) is 1. The van der Waals surface area contributed by atoms with E-state index in [1.807, 2.05) is 12.1 Å². The second kappa shape index (κ2) is 3.70. The highest BCUT2D eigenvalue weighted by Crippen LogP contribution is 2.38. The van der Waals surface area contributed by atoms with Gasteiger partial charge in [-0.1, -0.05) is 15.9 Å². The van der Waals surface area contributed by atoms with E-state index in [4.69, 9.17) is 10.7 Å². The van der Waals surface area contributed by atoms with Crippen LogP contribution < -0.4 is 5.73 Å². The maximum atomic E-state index is 6.25. The number of anilines is 1. The van der Waals surface area contributed by atoms with Crippen LogP contribution in [0.1, 0.15) is 17.7 Å². The highest BCUT2D eigenvalue weighted by atomic mass is 79.9. The molecule has 0 unspecified atom stereocenters. The van der Waals surface area contributed by atoms with E-state index in [1.165, 1.54) is 11.3 Å². The van der Waals surface area contributed by atoms with E-state index in [0.717, 1.165) is 44.8 Å². The third kappa shape index (κ3) is 1.39. The van der Waals surface area contributed by atoms with Gasteiger partial charge in [0.15, 0.2) is 0 Å². The number of rotatable bonds is 0. The van der Waals surface area contributed by atoms with Gasteiger partial charge in [0.05, 0.1) is 5.52 Å². The van der Waals surface area contributed by atoms with E-state index in [9.17, 15) is 0 Å². The molecule has 16 heavy (non-hydrogen) atoms. The molecule has 82 valence electrons. The molecule has 3 rings (SSSR count). The van der Waals surface area contributed by atoms with Gasteiger partial charge in [0.25, 0.3) is 0 Å². The number of hydrogen-bond donors (Lipinski definition) is 1. The standard InChI is InChI=1S/C12H10Br2N2/c13-7-4-5-8(14)12-10(7)11(15)6-2-1-3-9(6)16-12/h4-5H,1-3H2,(H2,15,16). The molecule has 2 nitrogen and oxygen atoms in total. The summed E-state index contributed by atoms with van der Waals surface area (Å²) >= 11 is 7.08. The molecule has 0 saturated heterocycles. The molecule has 2 N–H and O–H groups in total. The van der Waals surface area contributed by atoms with E-state index in [2.05, 4.69) is 31.9 Å². The number of halogens is 2. The fourth-order valence-electron chi connectivity index (χ4n) is 2.33. The second-order valence-electron chi connectivity index (χ2n) is 4.06. The molecule has 4 heteroatoms. The first-order valence-corrected chi connectivity index (χ1v) is 6.82. The summed E-state index contributed by atoms with van der Waals surface area (Å²) < 4.78 is 2.03. The minimum atomic E-state index is 0.894. The molecule has 0 saturated carbocycles. The van der Waals surface area contributed by atoms with Crippen LogP contribution in [0.4, 0.5) is 5.69 Å². The number of nitrogen functional groups attached to an aromatic ring is 1. The molecule has 1 aromatic heterocycles. The summed E-state index contributed by atoms with van der Waals surface area (Å²) in [6.45, 7) is 0. The van der Waals surface area contributed by atoms with Crippen molar-refractivity contribution in [3.05, 3.63) is 32.3 Å². The molecule has 1 aromatic carbocycles. The minimum absolute atomic E-state index is 0.894. The van der Waals surface area contributed by atoms with E-state index >= 15 is 0 Å². The molecule has 1 aliphatic carbocycles. The smallest absolute Gasteiger partial charge is 0.0879 e. The van der Waals surface area contributed by atoms with Crippen molar-refractivity contribution in [3.8, 4) is 0 Å². The zero-order valence-electron chi connectivity index (χ0n) is 8.56. The first-order valence-electron chi connectivity index (χ1n) is 5.23. The first-order chi connectivity index (χ1) is 7.68. The Balaban J connectivity index is 2.50. The first kappa shape index (κ1) is 10.5. The highest BCUT2D eigenvalue weighted by Gasteiger charge is 2.19. The van der Waals surface area contributed by atoms with E-state index < -0.39 is 0 Å². The summed E-state index contributed by atoms with van der Waals surface area (Å²) in [6, 6.07) is 4.01. The van der Waals surface area contributed by atoms with Gasteiger partial charge in [-0.05, 0) is 52.9 Å². The number of fused-ring (bicyclic) bond motifs is 2. The normalized spacial score (nSPS) is 14.4. The molecular weight excluding hydrogens is 332 g/mol. The Morgan fingerprint density at radius 3 is 2.69 bits per heavy atom. The van der Waals surface area contributed by atoms with Crippen molar-refractivity contribution in [2.75, 3.05) is 5.73 Å². The maximum absolute atomic E-state index is 6.25. The molecule has 0 fully saturated rings. The zero-order chi connectivity index (χ0) is 11.3. The Morgan fingerprint density at radius 2 is 1.88 bits per heavy atom. The lowest BCUT2D eigenvalue weighted by molar-refractivity contribution is 0.901. The Hall–Kier alpha value is -0.610. The molecule has 1 aliphatic rings. The number of hydrogen-bond acceptors (Lipinski definition) is 2. The van der Waals surface area contributed by atoms with Crippen LogP contribution >= 0.6 is 31.9 Å². The average Bonchev–Trinajstić information content (AvgIpc) is 2.72. The topological polar surface area (TPSA) is 38.9 Å². The van der Waals surface area contributed by atoms with Gasteiger partial charge in [-0.3, -0.25) is 4.98 Å². The fraction of sp³-hybridized carbons (Fsp3) is 0.250. The third-order valence-corrected chi connectivity index (χ3v) is 4.41. The average molecular weight is 342 g/mol. The van der Waals surface area contributed by atoms with E-state index in [1.54, 1.807) is 0 Å². The van der Waals surface area contributed by atoms with E-state index in [0.29, 0.717) is 0 Å². The van der Waals surface area contributed by atoms with Crippen molar-refractivity contribution in [3.63, 3.8) is 0 Å². The number of pyridine rings is 1. The molecule has 0 spiro atoms. The predicted octanol–water partition coefficient (Wildman–Crippen LogP) is 3.83. The van der Waals surface area contributed by atoms with Crippen LogP contribution in [0.2, 0.25) is 0 Å². The van der Waals surface area contributed by atoms with Crippen molar-refractivity contribution >= 4 is 48.5 Å². The lowest BCUT2D eigenvalue weighted by Gasteiger charge is -2.10. The molecule has 0 radical (unpaired) electrons. The molecular formula is C12H10Br2N2. The molecule has 0 amide bonds. The Morgan fingerprint density at radius 1 is 1.12 bits per heavy atom. The zero-order valence-corrected chi connectivity index (χ0v) is 11.7. The Labute approximate surface area is 110 Å². The summed E-state index contributed by atoms with van der Waals surface area (Å²) in [7, 11) is 0. The largest absolute Gasteiger partial charge is 0.398 e.